The fraction of sp³-hybridized carbons (Fsp3) is 0.0714. The van der Waals surface area contributed by atoms with Crippen LogP contribution in [0.5, 0.6) is 0 Å². The van der Waals surface area contributed by atoms with Crippen molar-refractivity contribution < 1.29 is 4.79 Å². The predicted octanol–water partition coefficient (Wildman–Crippen LogP) is 4.43. The van der Waals surface area contributed by atoms with E-state index in [1.165, 1.54) is 0 Å². The summed E-state index contributed by atoms with van der Waals surface area (Å²) in [6.07, 6.45) is 0. The van der Waals surface area contributed by atoms with Gasteiger partial charge in [-0.15, -0.1) is 0 Å². The first-order valence-corrected chi connectivity index (χ1v) is 7.73. The molecule has 2 rings (SSSR count). The Balaban J connectivity index is 2.23. The number of aromatic nitrogens is 1. The molecular formula is C14H10Cl4N4O. The van der Waals surface area contributed by atoms with Crippen LogP contribution in [0.25, 0.3) is 0 Å². The summed E-state index contributed by atoms with van der Waals surface area (Å²) in [6.45, 7) is 1.72. The number of hydrogen-bond donors (Lipinski definition) is 2. The minimum absolute atomic E-state index is 0.00550. The minimum atomic E-state index is -0.659. The zero-order valence-electron chi connectivity index (χ0n) is 11.7. The highest BCUT2D eigenvalue weighted by Crippen LogP contribution is 2.34. The van der Waals surface area contributed by atoms with Gasteiger partial charge in [-0.3, -0.25) is 4.79 Å². The van der Waals surface area contributed by atoms with Crippen LogP contribution in [0.2, 0.25) is 20.2 Å². The molecule has 1 aromatic heterocycles. The van der Waals surface area contributed by atoms with E-state index in [1.54, 1.807) is 31.2 Å². The lowest BCUT2D eigenvalue weighted by Crippen LogP contribution is -2.21. The van der Waals surface area contributed by atoms with E-state index in [4.69, 9.17) is 52.1 Å². The maximum absolute atomic E-state index is 12.1. The zero-order valence-corrected chi connectivity index (χ0v) is 14.7. The van der Waals surface area contributed by atoms with Crippen molar-refractivity contribution in [3.05, 3.63) is 55.7 Å². The van der Waals surface area contributed by atoms with Crippen molar-refractivity contribution in [2.75, 3.05) is 5.73 Å². The number of carbonyl (C=O) groups is 1. The molecule has 0 saturated carbocycles. The van der Waals surface area contributed by atoms with Crippen molar-refractivity contribution in [2.45, 2.75) is 6.92 Å². The maximum Gasteiger partial charge on any atom is 0.291 e. The molecule has 1 heterocycles. The van der Waals surface area contributed by atoms with Crippen molar-refractivity contribution in [1.82, 2.24) is 10.4 Å². The average Bonchev–Trinajstić information content (AvgIpc) is 2.54. The molecule has 23 heavy (non-hydrogen) atoms. The molecule has 1 aromatic carbocycles. The molecule has 0 atom stereocenters. The van der Waals surface area contributed by atoms with Gasteiger partial charge in [-0.1, -0.05) is 58.5 Å². The summed E-state index contributed by atoms with van der Waals surface area (Å²) in [5.41, 5.74) is 9.19. The largest absolute Gasteiger partial charge is 0.396 e. The van der Waals surface area contributed by atoms with E-state index in [9.17, 15) is 4.79 Å². The second-order valence-corrected chi connectivity index (χ2v) is 5.99. The van der Waals surface area contributed by atoms with Crippen LogP contribution in [0.4, 0.5) is 5.69 Å². The SMILES string of the molecule is CC(=NNC(=O)c1nc(Cl)c(Cl)c(N)c1Cl)c1ccc(Cl)cc1. The van der Waals surface area contributed by atoms with Gasteiger partial charge >= 0.3 is 0 Å². The summed E-state index contributed by atoms with van der Waals surface area (Å²) in [6, 6.07) is 6.98. The minimum Gasteiger partial charge on any atom is -0.396 e. The van der Waals surface area contributed by atoms with Gasteiger partial charge in [-0.05, 0) is 24.6 Å². The maximum atomic E-state index is 12.1. The van der Waals surface area contributed by atoms with E-state index < -0.39 is 5.91 Å². The Kier molecular flexibility index (Phi) is 5.70. The van der Waals surface area contributed by atoms with Gasteiger partial charge in [0.15, 0.2) is 10.8 Å². The Hall–Kier alpha value is -1.53. The fourth-order valence-electron chi connectivity index (χ4n) is 1.63. The first kappa shape index (κ1) is 17.8. The van der Waals surface area contributed by atoms with E-state index >= 15 is 0 Å². The number of hydrazone groups is 1. The quantitative estimate of drug-likeness (QED) is 0.461. The third-order valence-electron chi connectivity index (χ3n) is 2.87. The Morgan fingerprint density at radius 2 is 1.74 bits per heavy atom. The molecule has 0 radical (unpaired) electrons. The summed E-state index contributed by atoms with van der Waals surface area (Å²) in [5, 5.41) is 4.38. The van der Waals surface area contributed by atoms with Crippen molar-refractivity contribution in [1.29, 1.82) is 0 Å². The van der Waals surface area contributed by atoms with Crippen LogP contribution in [0.3, 0.4) is 0 Å². The first-order chi connectivity index (χ1) is 10.8. The van der Waals surface area contributed by atoms with Crippen LogP contribution in [0.1, 0.15) is 23.0 Å². The second-order valence-electron chi connectivity index (χ2n) is 4.44. The molecule has 0 aliphatic carbocycles. The molecule has 9 heteroatoms. The molecule has 1 amide bonds. The molecule has 0 unspecified atom stereocenters. The Morgan fingerprint density at radius 3 is 2.35 bits per heavy atom. The number of amides is 1. The van der Waals surface area contributed by atoms with Gasteiger partial charge in [0.1, 0.15) is 5.02 Å². The fourth-order valence-corrected chi connectivity index (χ4v) is 2.35. The summed E-state index contributed by atoms with van der Waals surface area (Å²) < 4.78 is 0. The van der Waals surface area contributed by atoms with Gasteiger partial charge in [0.05, 0.1) is 16.4 Å². The van der Waals surface area contributed by atoms with Crippen molar-refractivity contribution in [2.24, 2.45) is 5.10 Å². The molecule has 0 fully saturated rings. The number of anilines is 1. The lowest BCUT2D eigenvalue weighted by Gasteiger charge is -2.08. The third kappa shape index (κ3) is 4.06. The van der Waals surface area contributed by atoms with Gasteiger partial charge in [0.2, 0.25) is 0 Å². The molecule has 5 nitrogen and oxygen atoms in total. The number of rotatable bonds is 3. The van der Waals surface area contributed by atoms with Crippen LogP contribution in [-0.2, 0) is 0 Å². The lowest BCUT2D eigenvalue weighted by atomic mass is 10.1. The molecule has 120 valence electrons. The Labute approximate surface area is 152 Å². The molecule has 0 aliphatic heterocycles. The van der Waals surface area contributed by atoms with Gasteiger partial charge < -0.3 is 5.73 Å². The highest BCUT2D eigenvalue weighted by atomic mass is 35.5. The van der Waals surface area contributed by atoms with E-state index in [0.717, 1.165) is 5.56 Å². The molecule has 0 aliphatic rings. The number of hydrogen-bond acceptors (Lipinski definition) is 4. The van der Waals surface area contributed by atoms with E-state index in [1.807, 2.05) is 0 Å². The van der Waals surface area contributed by atoms with Crippen LogP contribution >= 0.6 is 46.4 Å². The molecule has 2 aromatic rings. The predicted molar refractivity (Wildman–Crippen MR) is 94.8 cm³/mol. The number of halogens is 4. The summed E-state index contributed by atoms with van der Waals surface area (Å²) in [5.74, 6) is -0.659. The molecule has 0 saturated heterocycles. The van der Waals surface area contributed by atoms with E-state index in [2.05, 4.69) is 15.5 Å². The first-order valence-electron chi connectivity index (χ1n) is 6.21. The highest BCUT2D eigenvalue weighted by molar-refractivity contribution is 6.46. The number of pyridine rings is 1. The van der Waals surface area contributed by atoms with Crippen LogP contribution < -0.4 is 11.2 Å². The molecule has 0 spiro atoms. The monoisotopic (exact) mass is 390 g/mol. The van der Waals surface area contributed by atoms with Gasteiger partial charge in [-0.25, -0.2) is 10.4 Å². The number of nitrogens with one attached hydrogen (secondary N) is 1. The van der Waals surface area contributed by atoms with Gasteiger partial charge in [0.25, 0.3) is 5.91 Å². The lowest BCUT2D eigenvalue weighted by molar-refractivity contribution is 0.0950. The van der Waals surface area contributed by atoms with Crippen molar-refractivity contribution in [3.8, 4) is 0 Å². The Morgan fingerprint density at radius 1 is 1.13 bits per heavy atom. The van der Waals surface area contributed by atoms with Gasteiger partial charge in [-0.2, -0.15) is 5.10 Å². The third-order valence-corrected chi connectivity index (χ3v) is 4.26. The molecular weight excluding hydrogens is 382 g/mol. The smallest absolute Gasteiger partial charge is 0.291 e. The van der Waals surface area contributed by atoms with Crippen LogP contribution in [0.15, 0.2) is 29.4 Å². The number of carbonyl (C=O) groups excluding carboxylic acids is 1. The van der Waals surface area contributed by atoms with Crippen molar-refractivity contribution >= 4 is 63.7 Å². The number of nitrogens with two attached hydrogens (primary N) is 1. The summed E-state index contributed by atoms with van der Waals surface area (Å²) >= 11 is 23.4. The second kappa shape index (κ2) is 7.36. The van der Waals surface area contributed by atoms with E-state index in [0.29, 0.717) is 10.7 Å². The number of nitrogens with zero attached hydrogens (tertiary/aromatic N) is 2. The molecule has 0 bridgehead atoms. The topological polar surface area (TPSA) is 80.4 Å². The zero-order chi connectivity index (χ0) is 17.1. The number of benzene rings is 1. The van der Waals surface area contributed by atoms with E-state index in [-0.39, 0.29) is 26.6 Å². The Bertz CT molecular complexity index is 790. The van der Waals surface area contributed by atoms with Crippen LogP contribution in [-0.4, -0.2) is 16.6 Å². The van der Waals surface area contributed by atoms with Gasteiger partial charge in [0, 0.05) is 5.02 Å². The summed E-state index contributed by atoms with van der Waals surface area (Å²) in [4.78, 5) is 15.9. The number of nitrogen functional groups attached to an aromatic ring is 1. The molecule has 3 N–H and O–H groups in total. The summed E-state index contributed by atoms with van der Waals surface area (Å²) in [7, 11) is 0. The average molecular weight is 392 g/mol. The van der Waals surface area contributed by atoms with Crippen LogP contribution in [0, 0.1) is 0 Å². The standard InChI is InChI=1S/C14H10Cl4N4O/c1-6(7-2-4-8(15)5-3-7)21-22-14(23)12-9(16)11(19)10(17)13(18)20-12/h2-5H,1H3,(H2,19,20)(H,22,23). The highest BCUT2D eigenvalue weighted by Gasteiger charge is 2.19. The van der Waals surface area contributed by atoms with Crippen molar-refractivity contribution in [3.63, 3.8) is 0 Å². The normalized spacial score (nSPS) is 11.4.